The van der Waals surface area contributed by atoms with Gasteiger partial charge in [0.1, 0.15) is 5.69 Å². The summed E-state index contributed by atoms with van der Waals surface area (Å²) in [4.78, 5) is 0. The Labute approximate surface area is 90.5 Å². The quantitative estimate of drug-likeness (QED) is 0.817. The van der Waals surface area contributed by atoms with E-state index in [2.05, 4.69) is 18.9 Å². The van der Waals surface area contributed by atoms with Gasteiger partial charge in [-0.05, 0) is 12.8 Å². The lowest BCUT2D eigenvalue weighted by molar-refractivity contribution is 0.509. The lowest BCUT2D eigenvalue weighted by Crippen LogP contribution is -2.02. The Bertz CT molecular complexity index is 314. The van der Waals surface area contributed by atoms with Crippen LogP contribution in [0, 0.1) is 5.82 Å². The van der Waals surface area contributed by atoms with E-state index in [-0.39, 0.29) is 17.6 Å². The molecular formula is C11H20FN3. The Morgan fingerprint density at radius 2 is 1.87 bits per heavy atom. The molecule has 0 bridgehead atoms. The summed E-state index contributed by atoms with van der Waals surface area (Å²) in [6.45, 7) is 4.21. The summed E-state index contributed by atoms with van der Waals surface area (Å²) < 4.78 is 15.1. The zero-order valence-corrected chi connectivity index (χ0v) is 9.76. The molecule has 2 N–H and O–H groups in total. The molecule has 0 spiro atoms. The average Bonchev–Trinajstić information content (AvgIpc) is 2.46. The first-order valence-corrected chi connectivity index (χ1v) is 5.59. The topological polar surface area (TPSA) is 43.8 Å². The summed E-state index contributed by atoms with van der Waals surface area (Å²) in [5, 5.41) is 4.16. The third-order valence-electron chi connectivity index (χ3n) is 2.72. The summed E-state index contributed by atoms with van der Waals surface area (Å²) in [5.74, 6) is 0.0232. The van der Waals surface area contributed by atoms with E-state index in [0.29, 0.717) is 5.69 Å². The normalized spacial score (nSPS) is 11.3. The van der Waals surface area contributed by atoms with E-state index in [9.17, 15) is 4.39 Å². The second kappa shape index (κ2) is 5.14. The van der Waals surface area contributed by atoms with Crippen molar-refractivity contribution in [3.05, 3.63) is 11.5 Å². The Kier molecular flexibility index (Phi) is 4.12. The Morgan fingerprint density at radius 3 is 2.20 bits per heavy atom. The van der Waals surface area contributed by atoms with Crippen molar-refractivity contribution in [2.24, 2.45) is 7.05 Å². The molecular weight excluding hydrogens is 193 g/mol. The molecule has 4 heteroatoms. The van der Waals surface area contributed by atoms with Gasteiger partial charge in [-0.25, -0.2) is 4.39 Å². The number of nitrogens with two attached hydrogens (primary N) is 1. The maximum absolute atomic E-state index is 13.7. The molecule has 1 aromatic heterocycles. The van der Waals surface area contributed by atoms with E-state index >= 15 is 0 Å². The van der Waals surface area contributed by atoms with Gasteiger partial charge in [0.2, 0.25) is 0 Å². The fraction of sp³-hybridized carbons (Fsp3) is 0.727. The SMILES string of the molecule is CCCC(CCC)c1nn(C)c(N)c1F. The van der Waals surface area contributed by atoms with E-state index in [1.54, 1.807) is 7.05 Å². The van der Waals surface area contributed by atoms with Crippen molar-refractivity contribution in [3.8, 4) is 0 Å². The van der Waals surface area contributed by atoms with Crippen molar-refractivity contribution < 1.29 is 4.39 Å². The highest BCUT2D eigenvalue weighted by Gasteiger charge is 2.21. The Morgan fingerprint density at radius 1 is 1.33 bits per heavy atom. The second-order valence-corrected chi connectivity index (χ2v) is 3.98. The number of hydrogen-bond acceptors (Lipinski definition) is 2. The van der Waals surface area contributed by atoms with Gasteiger partial charge < -0.3 is 5.73 Å². The van der Waals surface area contributed by atoms with Crippen LogP contribution in [0.15, 0.2) is 0 Å². The van der Waals surface area contributed by atoms with Gasteiger partial charge in [0.25, 0.3) is 0 Å². The number of aromatic nitrogens is 2. The molecule has 0 saturated heterocycles. The molecule has 15 heavy (non-hydrogen) atoms. The van der Waals surface area contributed by atoms with Crippen molar-refractivity contribution >= 4 is 5.82 Å². The highest BCUT2D eigenvalue weighted by Crippen LogP contribution is 2.29. The van der Waals surface area contributed by atoms with Gasteiger partial charge in [-0.1, -0.05) is 26.7 Å². The van der Waals surface area contributed by atoms with E-state index in [1.165, 1.54) is 4.68 Å². The van der Waals surface area contributed by atoms with Crippen LogP contribution >= 0.6 is 0 Å². The molecule has 0 aromatic carbocycles. The van der Waals surface area contributed by atoms with E-state index in [4.69, 9.17) is 5.73 Å². The standard InChI is InChI=1S/C11H20FN3/c1-4-6-8(7-5-2)10-9(12)11(13)15(3)14-10/h8H,4-7,13H2,1-3H3. The van der Waals surface area contributed by atoms with Crippen molar-refractivity contribution in [3.63, 3.8) is 0 Å². The molecule has 0 radical (unpaired) electrons. The fourth-order valence-corrected chi connectivity index (χ4v) is 1.91. The van der Waals surface area contributed by atoms with Gasteiger partial charge in [0, 0.05) is 13.0 Å². The lowest BCUT2D eigenvalue weighted by atomic mass is 9.95. The third-order valence-corrected chi connectivity index (χ3v) is 2.72. The predicted octanol–water partition coefficient (Wildman–Crippen LogP) is 2.83. The van der Waals surface area contributed by atoms with Gasteiger partial charge >= 0.3 is 0 Å². The predicted molar refractivity (Wildman–Crippen MR) is 60.1 cm³/mol. The minimum atomic E-state index is -0.329. The molecule has 0 fully saturated rings. The zero-order chi connectivity index (χ0) is 11.4. The molecule has 0 aliphatic heterocycles. The molecule has 86 valence electrons. The number of halogens is 1. The van der Waals surface area contributed by atoms with Gasteiger partial charge in [0.15, 0.2) is 11.6 Å². The van der Waals surface area contributed by atoms with Crippen LogP contribution in [0.1, 0.15) is 51.1 Å². The van der Waals surface area contributed by atoms with Gasteiger partial charge in [-0.3, -0.25) is 4.68 Å². The van der Waals surface area contributed by atoms with Crippen LogP contribution < -0.4 is 5.73 Å². The zero-order valence-electron chi connectivity index (χ0n) is 9.76. The van der Waals surface area contributed by atoms with Crippen molar-refractivity contribution in [1.82, 2.24) is 9.78 Å². The summed E-state index contributed by atoms with van der Waals surface area (Å²) in [6.07, 6.45) is 4.03. The van der Waals surface area contributed by atoms with Crippen LogP contribution in [-0.4, -0.2) is 9.78 Å². The largest absolute Gasteiger partial charge is 0.381 e. The van der Waals surface area contributed by atoms with Crippen molar-refractivity contribution in [2.45, 2.75) is 45.4 Å². The van der Waals surface area contributed by atoms with E-state index < -0.39 is 0 Å². The van der Waals surface area contributed by atoms with Gasteiger partial charge in [0.05, 0.1) is 0 Å². The number of anilines is 1. The molecule has 1 aromatic rings. The lowest BCUT2D eigenvalue weighted by Gasteiger charge is -2.11. The number of rotatable bonds is 5. The highest BCUT2D eigenvalue weighted by atomic mass is 19.1. The molecule has 1 rings (SSSR count). The maximum Gasteiger partial charge on any atom is 0.188 e. The molecule has 0 saturated carbocycles. The summed E-state index contributed by atoms with van der Waals surface area (Å²) in [6, 6.07) is 0. The number of nitrogen functional groups attached to an aromatic ring is 1. The highest BCUT2D eigenvalue weighted by molar-refractivity contribution is 5.34. The van der Waals surface area contributed by atoms with Crippen LogP contribution in [0.4, 0.5) is 10.2 Å². The molecule has 0 aliphatic rings. The van der Waals surface area contributed by atoms with Crippen LogP contribution in [-0.2, 0) is 7.05 Å². The Balaban J connectivity index is 2.94. The fourth-order valence-electron chi connectivity index (χ4n) is 1.91. The van der Waals surface area contributed by atoms with E-state index in [1.807, 2.05) is 0 Å². The monoisotopic (exact) mass is 213 g/mol. The number of nitrogens with zero attached hydrogens (tertiary/aromatic N) is 2. The first-order chi connectivity index (χ1) is 7.11. The minimum Gasteiger partial charge on any atom is -0.381 e. The molecule has 0 amide bonds. The van der Waals surface area contributed by atoms with E-state index in [0.717, 1.165) is 25.7 Å². The van der Waals surface area contributed by atoms with Crippen molar-refractivity contribution in [1.29, 1.82) is 0 Å². The number of hydrogen-bond donors (Lipinski definition) is 1. The summed E-state index contributed by atoms with van der Waals surface area (Å²) >= 11 is 0. The third kappa shape index (κ3) is 2.49. The Hall–Kier alpha value is -1.06. The number of aryl methyl sites for hydroxylation is 1. The van der Waals surface area contributed by atoms with Crippen LogP contribution in [0.2, 0.25) is 0 Å². The molecule has 3 nitrogen and oxygen atoms in total. The smallest absolute Gasteiger partial charge is 0.188 e. The molecule has 1 heterocycles. The first-order valence-electron chi connectivity index (χ1n) is 5.59. The molecule has 0 aliphatic carbocycles. The summed E-state index contributed by atoms with van der Waals surface area (Å²) in [7, 11) is 1.68. The van der Waals surface area contributed by atoms with Gasteiger partial charge in [-0.15, -0.1) is 0 Å². The second-order valence-electron chi connectivity index (χ2n) is 3.98. The van der Waals surface area contributed by atoms with Crippen LogP contribution in [0.25, 0.3) is 0 Å². The maximum atomic E-state index is 13.7. The first kappa shape index (κ1) is 12.0. The average molecular weight is 213 g/mol. The minimum absolute atomic E-state index is 0.141. The van der Waals surface area contributed by atoms with Gasteiger partial charge in [-0.2, -0.15) is 5.10 Å². The van der Waals surface area contributed by atoms with Crippen LogP contribution in [0.5, 0.6) is 0 Å². The van der Waals surface area contributed by atoms with Crippen LogP contribution in [0.3, 0.4) is 0 Å². The molecule has 0 atom stereocenters. The van der Waals surface area contributed by atoms with Crippen molar-refractivity contribution in [2.75, 3.05) is 5.73 Å². The summed E-state index contributed by atoms with van der Waals surface area (Å²) in [5.41, 5.74) is 6.10. The molecule has 0 unspecified atom stereocenters.